The number of hydrogen-bond donors (Lipinski definition) is 2. The first kappa shape index (κ1) is 9.73. The van der Waals surface area contributed by atoms with Crippen molar-refractivity contribution >= 4 is 11.9 Å². The molecule has 2 N–H and O–H groups in total. The number of ether oxygens (including phenoxy) is 1. The minimum Gasteiger partial charge on any atom is -0.479 e. The highest BCUT2D eigenvalue weighted by atomic mass is 16.6. The van der Waals surface area contributed by atoms with Crippen LogP contribution >= 0.6 is 0 Å². The van der Waals surface area contributed by atoms with Gasteiger partial charge in [-0.3, -0.25) is 0 Å². The van der Waals surface area contributed by atoms with E-state index in [1.807, 2.05) is 0 Å². The van der Waals surface area contributed by atoms with Gasteiger partial charge in [-0.25, -0.2) is 9.59 Å². The molecule has 5 nitrogen and oxygen atoms in total. The van der Waals surface area contributed by atoms with E-state index in [9.17, 15) is 9.59 Å². The molecule has 0 aliphatic carbocycles. The maximum Gasteiger partial charge on any atom is 0.348 e. The van der Waals surface area contributed by atoms with E-state index in [2.05, 4.69) is 0 Å². The van der Waals surface area contributed by atoms with Crippen molar-refractivity contribution < 1.29 is 24.5 Å². The van der Waals surface area contributed by atoms with Gasteiger partial charge in [0, 0.05) is 6.42 Å². The summed E-state index contributed by atoms with van der Waals surface area (Å²) in [7, 11) is 0. The molecule has 0 saturated heterocycles. The molecule has 0 atom stereocenters. The van der Waals surface area contributed by atoms with Crippen LogP contribution in [-0.2, 0) is 14.3 Å². The van der Waals surface area contributed by atoms with Crippen molar-refractivity contribution in [3.63, 3.8) is 0 Å². The van der Waals surface area contributed by atoms with E-state index in [1.54, 1.807) is 13.0 Å². The van der Waals surface area contributed by atoms with Gasteiger partial charge in [-0.2, -0.15) is 0 Å². The molecule has 0 amide bonds. The van der Waals surface area contributed by atoms with Gasteiger partial charge >= 0.3 is 11.9 Å². The van der Waals surface area contributed by atoms with Crippen LogP contribution in [0.25, 0.3) is 0 Å². The van der Waals surface area contributed by atoms with Crippen LogP contribution in [0.3, 0.4) is 0 Å². The Morgan fingerprint density at radius 3 is 2.31 bits per heavy atom. The predicted octanol–water partition coefficient (Wildman–Crippen LogP) is 0.261. The Hall–Kier alpha value is -1.36. The lowest BCUT2D eigenvalue weighted by Gasteiger charge is -2.28. The first-order chi connectivity index (χ1) is 5.99. The summed E-state index contributed by atoms with van der Waals surface area (Å²) in [4.78, 5) is 21.5. The molecule has 0 aromatic heterocycles. The second kappa shape index (κ2) is 3.18. The van der Waals surface area contributed by atoms with E-state index in [-0.39, 0.29) is 13.0 Å². The lowest BCUT2D eigenvalue weighted by atomic mass is 9.93. The Bertz CT molecular complexity index is 264. The number of carbonyl (C=O) groups is 2. The molecule has 1 aliphatic rings. The molecular weight excluding hydrogens is 176 g/mol. The Labute approximate surface area is 74.6 Å². The lowest BCUT2D eigenvalue weighted by Crippen LogP contribution is -2.50. The monoisotopic (exact) mass is 186 g/mol. The Balaban J connectivity index is 3.00. The van der Waals surface area contributed by atoms with Gasteiger partial charge < -0.3 is 14.9 Å². The number of carboxylic acids is 2. The molecule has 0 radical (unpaired) electrons. The Morgan fingerprint density at radius 1 is 1.46 bits per heavy atom. The summed E-state index contributed by atoms with van der Waals surface area (Å²) in [5.74, 6) is -2.90. The molecule has 0 bridgehead atoms. The topological polar surface area (TPSA) is 83.8 Å². The quantitative estimate of drug-likeness (QED) is 0.477. The van der Waals surface area contributed by atoms with Gasteiger partial charge in [-0.05, 0) is 6.92 Å². The van der Waals surface area contributed by atoms with Crippen molar-refractivity contribution in [2.24, 2.45) is 0 Å². The zero-order chi connectivity index (χ0) is 10.1. The van der Waals surface area contributed by atoms with Gasteiger partial charge in [-0.1, -0.05) is 11.6 Å². The van der Waals surface area contributed by atoms with E-state index < -0.39 is 17.5 Å². The number of carboxylic acid groups (broad SMARTS) is 2. The van der Waals surface area contributed by atoms with Gasteiger partial charge in [0.05, 0.1) is 6.61 Å². The molecule has 0 aromatic carbocycles. The SMILES string of the molecule is CC1=CCOC(C(=O)O)(C(=O)O)C1. The molecule has 0 saturated carbocycles. The average molecular weight is 186 g/mol. The van der Waals surface area contributed by atoms with Crippen molar-refractivity contribution in [3.05, 3.63) is 11.6 Å². The van der Waals surface area contributed by atoms with E-state index in [0.717, 1.165) is 5.57 Å². The molecule has 0 spiro atoms. The third kappa shape index (κ3) is 1.55. The normalized spacial score (nSPS) is 20.5. The molecule has 5 heteroatoms. The summed E-state index contributed by atoms with van der Waals surface area (Å²) in [5.41, 5.74) is -1.37. The molecule has 1 rings (SSSR count). The van der Waals surface area contributed by atoms with Crippen LogP contribution in [0.15, 0.2) is 11.6 Å². The average Bonchev–Trinajstić information content (AvgIpc) is 2.03. The number of rotatable bonds is 2. The van der Waals surface area contributed by atoms with Gasteiger partial charge in [0.2, 0.25) is 0 Å². The maximum atomic E-state index is 10.7. The van der Waals surface area contributed by atoms with Crippen LogP contribution in [0.1, 0.15) is 13.3 Å². The smallest absolute Gasteiger partial charge is 0.348 e. The fourth-order valence-electron chi connectivity index (χ4n) is 1.21. The zero-order valence-corrected chi connectivity index (χ0v) is 7.11. The van der Waals surface area contributed by atoms with Crippen LogP contribution < -0.4 is 0 Å². The Morgan fingerprint density at radius 2 is 2.00 bits per heavy atom. The highest BCUT2D eigenvalue weighted by Crippen LogP contribution is 2.26. The van der Waals surface area contributed by atoms with Crippen molar-refractivity contribution in [3.8, 4) is 0 Å². The summed E-state index contributed by atoms with van der Waals surface area (Å²) < 4.78 is 4.78. The second-order valence-electron chi connectivity index (χ2n) is 2.98. The molecule has 0 fully saturated rings. The van der Waals surface area contributed by atoms with Crippen LogP contribution in [0, 0.1) is 0 Å². The van der Waals surface area contributed by atoms with Crippen LogP contribution in [-0.4, -0.2) is 34.4 Å². The molecule has 1 heterocycles. The van der Waals surface area contributed by atoms with Gasteiger partial charge in [0.25, 0.3) is 5.60 Å². The highest BCUT2D eigenvalue weighted by Gasteiger charge is 2.49. The summed E-state index contributed by atoms with van der Waals surface area (Å²) in [5, 5.41) is 17.5. The van der Waals surface area contributed by atoms with Crippen LogP contribution in [0.2, 0.25) is 0 Å². The van der Waals surface area contributed by atoms with E-state index in [1.165, 1.54) is 0 Å². The fourth-order valence-corrected chi connectivity index (χ4v) is 1.21. The van der Waals surface area contributed by atoms with E-state index >= 15 is 0 Å². The van der Waals surface area contributed by atoms with Gasteiger partial charge in [-0.15, -0.1) is 0 Å². The largest absolute Gasteiger partial charge is 0.479 e. The molecule has 1 aliphatic heterocycles. The maximum absolute atomic E-state index is 10.7. The summed E-state index contributed by atoms with van der Waals surface area (Å²) >= 11 is 0. The van der Waals surface area contributed by atoms with Gasteiger partial charge in [0.1, 0.15) is 0 Å². The van der Waals surface area contributed by atoms with Crippen LogP contribution in [0.4, 0.5) is 0 Å². The molecule has 13 heavy (non-hydrogen) atoms. The summed E-state index contributed by atoms with van der Waals surface area (Å²) in [6.07, 6.45) is 1.57. The molecule has 0 unspecified atom stereocenters. The van der Waals surface area contributed by atoms with E-state index in [0.29, 0.717) is 0 Å². The Kier molecular flexibility index (Phi) is 2.38. The minimum atomic E-state index is -2.08. The third-order valence-electron chi connectivity index (χ3n) is 1.98. The zero-order valence-electron chi connectivity index (χ0n) is 7.11. The standard InChI is InChI=1S/C8H10O5/c1-5-2-3-13-8(4-5,6(9)10)7(11)12/h2H,3-4H2,1H3,(H,9,10)(H,11,12). The van der Waals surface area contributed by atoms with Crippen molar-refractivity contribution in [2.75, 3.05) is 6.61 Å². The predicted molar refractivity (Wildman–Crippen MR) is 42.3 cm³/mol. The molecular formula is C8H10O5. The van der Waals surface area contributed by atoms with Gasteiger partial charge in [0.15, 0.2) is 0 Å². The third-order valence-corrected chi connectivity index (χ3v) is 1.98. The first-order valence-electron chi connectivity index (χ1n) is 3.75. The molecule has 0 aromatic rings. The molecule has 72 valence electrons. The second-order valence-corrected chi connectivity index (χ2v) is 2.98. The first-order valence-corrected chi connectivity index (χ1v) is 3.75. The van der Waals surface area contributed by atoms with E-state index in [4.69, 9.17) is 14.9 Å². The lowest BCUT2D eigenvalue weighted by molar-refractivity contribution is -0.183. The number of aliphatic carboxylic acids is 2. The van der Waals surface area contributed by atoms with Crippen molar-refractivity contribution in [1.29, 1.82) is 0 Å². The van der Waals surface area contributed by atoms with Crippen LogP contribution in [0.5, 0.6) is 0 Å². The summed E-state index contributed by atoms with van der Waals surface area (Å²) in [6, 6.07) is 0. The highest BCUT2D eigenvalue weighted by molar-refractivity contribution is 6.02. The minimum absolute atomic E-state index is 0.0322. The van der Waals surface area contributed by atoms with Crippen molar-refractivity contribution in [2.45, 2.75) is 18.9 Å². The summed E-state index contributed by atoms with van der Waals surface area (Å²) in [6.45, 7) is 1.72. The fraction of sp³-hybridized carbons (Fsp3) is 0.500. The number of hydrogen-bond acceptors (Lipinski definition) is 3. The van der Waals surface area contributed by atoms with Crippen molar-refractivity contribution in [1.82, 2.24) is 0 Å².